The molecule has 0 radical (unpaired) electrons. The second-order valence-electron chi connectivity index (χ2n) is 10.0. The number of aliphatic hydroxyl groups is 1. The molecule has 0 amide bonds. The number of hydrogen-bond donors (Lipinski definition) is 1. The van der Waals surface area contributed by atoms with E-state index in [-0.39, 0.29) is 40.8 Å². The first-order valence-electron chi connectivity index (χ1n) is 10.7. The monoisotopic (exact) mass is 388 g/mol. The first kappa shape index (κ1) is 19.8. The average molecular weight is 389 g/mol. The van der Waals surface area contributed by atoms with E-state index < -0.39 is 12.1 Å². The number of carbonyl (C=O) groups excluding carboxylic acids is 3. The predicted octanol–water partition coefficient (Wildman–Crippen LogP) is 3.24. The van der Waals surface area contributed by atoms with Gasteiger partial charge in [0.2, 0.25) is 0 Å². The maximum Gasteiger partial charge on any atom is 0.303 e. The van der Waals surface area contributed by atoms with Crippen molar-refractivity contribution in [3.63, 3.8) is 0 Å². The number of Topliss-reactive ketones (excluding diaryl/α,β-unsaturated/α-hetero) is 1. The number of allylic oxidation sites excluding steroid dienone is 1. The summed E-state index contributed by atoms with van der Waals surface area (Å²) in [7, 11) is 0. The van der Waals surface area contributed by atoms with E-state index in [0.717, 1.165) is 32.1 Å². The van der Waals surface area contributed by atoms with E-state index in [2.05, 4.69) is 13.8 Å². The van der Waals surface area contributed by atoms with Crippen LogP contribution in [0.15, 0.2) is 11.6 Å². The van der Waals surface area contributed by atoms with Crippen molar-refractivity contribution in [2.45, 2.75) is 71.8 Å². The smallest absolute Gasteiger partial charge is 0.303 e. The van der Waals surface area contributed by atoms with Crippen LogP contribution in [-0.2, 0) is 19.1 Å². The number of ketones is 2. The Balaban J connectivity index is 1.61. The standard InChI is InChI=1S/C23H32O5/c1-13(24)28-12-20(27)18-7-6-17-16-5-4-14-10-15(25)8-9-22(14,2)21(16)19(26)11-23(17,18)3/h10,16-19,21,26H,4-9,11-12H2,1-3H3/t16-,17-,18+,19-,21+,22-,23-/m1/s1. The third-order valence-electron chi connectivity index (χ3n) is 8.70. The highest BCUT2D eigenvalue weighted by atomic mass is 16.5. The van der Waals surface area contributed by atoms with E-state index in [1.54, 1.807) is 0 Å². The highest BCUT2D eigenvalue weighted by molar-refractivity contribution is 5.91. The van der Waals surface area contributed by atoms with Gasteiger partial charge in [-0.05, 0) is 73.2 Å². The van der Waals surface area contributed by atoms with Crippen LogP contribution in [0.3, 0.4) is 0 Å². The minimum atomic E-state index is -0.463. The van der Waals surface area contributed by atoms with Gasteiger partial charge in [0.15, 0.2) is 11.6 Å². The van der Waals surface area contributed by atoms with E-state index in [0.29, 0.717) is 24.7 Å². The van der Waals surface area contributed by atoms with Crippen LogP contribution in [0.25, 0.3) is 0 Å². The van der Waals surface area contributed by atoms with E-state index in [4.69, 9.17) is 4.74 Å². The van der Waals surface area contributed by atoms with Gasteiger partial charge in [-0.3, -0.25) is 14.4 Å². The Morgan fingerprint density at radius 1 is 1.21 bits per heavy atom. The molecule has 0 spiro atoms. The Morgan fingerprint density at radius 2 is 1.96 bits per heavy atom. The zero-order valence-corrected chi connectivity index (χ0v) is 17.2. The number of fused-ring (bicyclic) bond motifs is 5. The molecule has 0 unspecified atom stereocenters. The Kier molecular flexibility index (Phi) is 4.80. The van der Waals surface area contributed by atoms with E-state index in [9.17, 15) is 19.5 Å². The largest absolute Gasteiger partial charge is 0.458 e. The zero-order chi connectivity index (χ0) is 20.3. The van der Waals surface area contributed by atoms with Gasteiger partial charge >= 0.3 is 5.97 Å². The first-order valence-corrected chi connectivity index (χ1v) is 10.7. The summed E-state index contributed by atoms with van der Waals surface area (Å²) in [4.78, 5) is 35.9. The summed E-state index contributed by atoms with van der Waals surface area (Å²) < 4.78 is 4.98. The third-order valence-corrected chi connectivity index (χ3v) is 8.70. The molecule has 1 N–H and O–H groups in total. The molecule has 0 aromatic heterocycles. The van der Waals surface area contributed by atoms with Crippen LogP contribution in [0.5, 0.6) is 0 Å². The van der Waals surface area contributed by atoms with Gasteiger partial charge in [-0.25, -0.2) is 0 Å². The second-order valence-corrected chi connectivity index (χ2v) is 10.0. The van der Waals surface area contributed by atoms with E-state index in [1.807, 2.05) is 6.08 Å². The highest BCUT2D eigenvalue weighted by Gasteiger charge is 2.62. The second kappa shape index (κ2) is 6.79. The molecular formula is C23H32O5. The number of ether oxygens (including phenoxy) is 1. The lowest BCUT2D eigenvalue weighted by Crippen LogP contribution is -2.57. The molecular weight excluding hydrogens is 356 g/mol. The fraction of sp³-hybridized carbons (Fsp3) is 0.783. The molecule has 0 aromatic carbocycles. The number of esters is 1. The van der Waals surface area contributed by atoms with Gasteiger partial charge in [-0.2, -0.15) is 0 Å². The summed E-state index contributed by atoms with van der Waals surface area (Å²) in [6.45, 7) is 5.58. The lowest BCUT2D eigenvalue weighted by atomic mass is 9.46. The Labute approximate surface area is 166 Å². The van der Waals surface area contributed by atoms with Crippen LogP contribution < -0.4 is 0 Å². The van der Waals surface area contributed by atoms with E-state index in [1.165, 1.54) is 12.5 Å². The molecule has 5 nitrogen and oxygen atoms in total. The van der Waals surface area contributed by atoms with Gasteiger partial charge in [-0.15, -0.1) is 0 Å². The molecule has 0 bridgehead atoms. The zero-order valence-electron chi connectivity index (χ0n) is 17.2. The highest BCUT2D eigenvalue weighted by Crippen LogP contribution is 2.66. The van der Waals surface area contributed by atoms with Crippen LogP contribution in [0.4, 0.5) is 0 Å². The summed E-state index contributed by atoms with van der Waals surface area (Å²) >= 11 is 0. The topological polar surface area (TPSA) is 80.7 Å². The van der Waals surface area contributed by atoms with Gasteiger partial charge in [-0.1, -0.05) is 19.4 Å². The minimum Gasteiger partial charge on any atom is -0.458 e. The SMILES string of the molecule is CC(=O)OCC(=O)[C@@H]1CC[C@@H]2[C@H]3CCC4=CC(=O)CC[C@@]4(C)[C@@H]3[C@H](O)C[C@]21C. The summed E-state index contributed by atoms with van der Waals surface area (Å²) in [5.74, 6) is 0.600. The molecule has 4 aliphatic carbocycles. The van der Waals surface area contributed by atoms with Crippen LogP contribution in [0, 0.1) is 34.5 Å². The molecule has 5 heteroatoms. The van der Waals surface area contributed by atoms with Gasteiger partial charge in [0.1, 0.15) is 6.61 Å². The first-order chi connectivity index (χ1) is 13.2. The molecule has 0 aromatic rings. The molecule has 0 saturated heterocycles. The van der Waals surface area contributed by atoms with Crippen LogP contribution in [-0.4, -0.2) is 35.4 Å². The van der Waals surface area contributed by atoms with Crippen molar-refractivity contribution < 1.29 is 24.2 Å². The summed E-state index contributed by atoms with van der Waals surface area (Å²) in [5, 5.41) is 11.3. The molecule has 3 saturated carbocycles. The van der Waals surface area contributed by atoms with Gasteiger partial charge in [0.25, 0.3) is 0 Å². The summed E-state index contributed by atoms with van der Waals surface area (Å²) in [5.41, 5.74) is 0.894. The van der Waals surface area contributed by atoms with Crippen molar-refractivity contribution in [3.05, 3.63) is 11.6 Å². The molecule has 3 fully saturated rings. The molecule has 28 heavy (non-hydrogen) atoms. The normalized spacial score (nSPS) is 44.8. The van der Waals surface area contributed by atoms with Gasteiger partial charge in [0, 0.05) is 19.3 Å². The summed E-state index contributed by atoms with van der Waals surface area (Å²) in [6, 6.07) is 0. The fourth-order valence-corrected chi connectivity index (χ4v) is 7.49. The molecule has 154 valence electrons. The molecule has 4 rings (SSSR count). The van der Waals surface area contributed by atoms with Crippen LogP contribution >= 0.6 is 0 Å². The van der Waals surface area contributed by atoms with Crippen molar-refractivity contribution in [2.75, 3.05) is 6.61 Å². The Morgan fingerprint density at radius 3 is 2.68 bits per heavy atom. The van der Waals surface area contributed by atoms with E-state index >= 15 is 0 Å². The number of rotatable bonds is 3. The maximum atomic E-state index is 12.8. The molecule has 4 aliphatic rings. The minimum absolute atomic E-state index is 0.00304. The van der Waals surface area contributed by atoms with Crippen molar-refractivity contribution in [3.8, 4) is 0 Å². The number of hydrogen-bond acceptors (Lipinski definition) is 5. The Hall–Kier alpha value is -1.49. The number of carbonyl (C=O) groups is 3. The van der Waals surface area contributed by atoms with Crippen molar-refractivity contribution in [2.24, 2.45) is 34.5 Å². The molecule has 0 heterocycles. The fourth-order valence-electron chi connectivity index (χ4n) is 7.49. The third kappa shape index (κ3) is 2.89. The molecule has 7 atom stereocenters. The maximum absolute atomic E-state index is 12.8. The van der Waals surface area contributed by atoms with Crippen molar-refractivity contribution >= 4 is 17.5 Å². The number of aliphatic hydroxyl groups excluding tert-OH is 1. The van der Waals surface area contributed by atoms with Crippen LogP contribution in [0.1, 0.15) is 65.7 Å². The van der Waals surface area contributed by atoms with Gasteiger partial charge in [0.05, 0.1) is 6.10 Å². The van der Waals surface area contributed by atoms with Crippen molar-refractivity contribution in [1.82, 2.24) is 0 Å². The predicted molar refractivity (Wildman–Crippen MR) is 103 cm³/mol. The quantitative estimate of drug-likeness (QED) is 0.751. The lowest BCUT2D eigenvalue weighted by Gasteiger charge is -2.59. The average Bonchev–Trinajstić information content (AvgIpc) is 2.96. The van der Waals surface area contributed by atoms with Gasteiger partial charge < -0.3 is 9.84 Å². The molecule has 0 aliphatic heterocycles. The summed E-state index contributed by atoms with van der Waals surface area (Å²) in [6.07, 6.45) is 7.12. The lowest BCUT2D eigenvalue weighted by molar-refractivity contribution is -0.154. The Bertz CT molecular complexity index is 739. The van der Waals surface area contributed by atoms with Crippen molar-refractivity contribution in [1.29, 1.82) is 0 Å². The van der Waals surface area contributed by atoms with Crippen LogP contribution in [0.2, 0.25) is 0 Å².